The molecule has 1 unspecified atom stereocenters. The Bertz CT molecular complexity index is 388. The maximum absolute atomic E-state index is 11.7. The minimum absolute atomic E-state index is 0.170. The fraction of sp³-hybridized carbons (Fsp3) is 0.769. The summed E-state index contributed by atoms with van der Waals surface area (Å²) in [5, 5.41) is 8.98. The number of amides is 1. The summed E-state index contributed by atoms with van der Waals surface area (Å²) in [6.07, 6.45) is -0.413. The van der Waals surface area contributed by atoms with Gasteiger partial charge in [-0.05, 0) is 27.7 Å². The lowest BCUT2D eigenvalue weighted by Gasteiger charge is -2.40. The Morgan fingerprint density at radius 1 is 1.42 bits per heavy atom. The fourth-order valence-electron chi connectivity index (χ4n) is 1.78. The van der Waals surface area contributed by atoms with Crippen molar-refractivity contribution in [3.63, 3.8) is 0 Å². The van der Waals surface area contributed by atoms with Crippen molar-refractivity contribution in [2.45, 2.75) is 33.3 Å². The van der Waals surface area contributed by atoms with Crippen LogP contribution in [0.5, 0.6) is 0 Å². The summed E-state index contributed by atoms with van der Waals surface area (Å²) in [7, 11) is 0. The molecule has 6 heteroatoms. The Balaban J connectivity index is 2.46. The first kappa shape index (κ1) is 15.3. The number of hydrogen-bond donors (Lipinski definition) is 0. The summed E-state index contributed by atoms with van der Waals surface area (Å²) in [4.78, 5) is 24.7. The van der Waals surface area contributed by atoms with E-state index in [1.165, 1.54) is 4.90 Å². The van der Waals surface area contributed by atoms with Gasteiger partial charge < -0.3 is 14.4 Å². The SMILES string of the molecule is CCOC(=O)C(C#N)C1CN(C(=O)OC(C)(C)C)C1. The number of rotatable bonds is 3. The van der Waals surface area contributed by atoms with Crippen molar-refractivity contribution >= 4 is 12.1 Å². The average Bonchev–Trinajstić information content (AvgIpc) is 2.19. The highest BCUT2D eigenvalue weighted by molar-refractivity contribution is 5.76. The van der Waals surface area contributed by atoms with Gasteiger partial charge in [-0.2, -0.15) is 5.26 Å². The third-order valence-corrected chi connectivity index (χ3v) is 2.71. The molecule has 1 amide bonds. The first-order chi connectivity index (χ1) is 8.78. The van der Waals surface area contributed by atoms with Crippen molar-refractivity contribution in [2.24, 2.45) is 11.8 Å². The first-order valence-electron chi connectivity index (χ1n) is 6.32. The Labute approximate surface area is 113 Å². The van der Waals surface area contributed by atoms with Crippen LogP contribution in [0.15, 0.2) is 0 Å². The normalized spacial score (nSPS) is 17.1. The van der Waals surface area contributed by atoms with Crippen molar-refractivity contribution in [3.05, 3.63) is 0 Å². The minimum Gasteiger partial charge on any atom is -0.465 e. The monoisotopic (exact) mass is 268 g/mol. The van der Waals surface area contributed by atoms with Crippen LogP contribution in [0.1, 0.15) is 27.7 Å². The van der Waals surface area contributed by atoms with Crippen LogP contribution in [0.3, 0.4) is 0 Å². The van der Waals surface area contributed by atoms with E-state index in [9.17, 15) is 9.59 Å². The number of carbonyl (C=O) groups excluding carboxylic acids is 2. The zero-order chi connectivity index (χ0) is 14.6. The van der Waals surface area contributed by atoms with Gasteiger partial charge in [-0.25, -0.2) is 4.79 Å². The van der Waals surface area contributed by atoms with Crippen molar-refractivity contribution in [1.29, 1.82) is 5.26 Å². The van der Waals surface area contributed by atoms with Crippen LogP contribution in [0.4, 0.5) is 4.79 Å². The van der Waals surface area contributed by atoms with Crippen molar-refractivity contribution in [1.82, 2.24) is 4.90 Å². The second kappa shape index (κ2) is 5.91. The molecule has 0 spiro atoms. The highest BCUT2D eigenvalue weighted by Crippen LogP contribution is 2.26. The first-order valence-corrected chi connectivity index (χ1v) is 6.32. The van der Waals surface area contributed by atoms with Crippen LogP contribution in [0.25, 0.3) is 0 Å². The molecule has 1 saturated heterocycles. The number of esters is 1. The molecule has 1 rings (SSSR count). The van der Waals surface area contributed by atoms with E-state index >= 15 is 0 Å². The van der Waals surface area contributed by atoms with Crippen molar-refractivity contribution < 1.29 is 19.1 Å². The lowest BCUT2D eigenvalue weighted by atomic mass is 9.87. The molecular formula is C13H20N2O4. The minimum atomic E-state index is -0.807. The van der Waals surface area contributed by atoms with E-state index in [2.05, 4.69) is 0 Å². The summed E-state index contributed by atoms with van der Waals surface area (Å²) in [5.41, 5.74) is -0.544. The van der Waals surface area contributed by atoms with E-state index in [0.717, 1.165) is 0 Å². The van der Waals surface area contributed by atoms with Crippen LogP contribution in [-0.2, 0) is 14.3 Å². The van der Waals surface area contributed by atoms with E-state index in [4.69, 9.17) is 14.7 Å². The molecule has 0 bridgehead atoms. The van der Waals surface area contributed by atoms with Crippen LogP contribution < -0.4 is 0 Å². The summed E-state index contributed by atoms with van der Waals surface area (Å²) in [5.74, 6) is -1.49. The second-order valence-corrected chi connectivity index (χ2v) is 5.50. The molecule has 0 aliphatic carbocycles. The van der Waals surface area contributed by atoms with Gasteiger partial charge in [0.2, 0.25) is 0 Å². The third-order valence-electron chi connectivity index (χ3n) is 2.71. The van der Waals surface area contributed by atoms with Gasteiger partial charge in [-0.15, -0.1) is 0 Å². The summed E-state index contributed by atoms with van der Waals surface area (Å²) >= 11 is 0. The lowest BCUT2D eigenvalue weighted by molar-refractivity contribution is -0.149. The predicted molar refractivity (Wildman–Crippen MR) is 67.0 cm³/mol. The maximum Gasteiger partial charge on any atom is 0.410 e. The zero-order valence-electron chi connectivity index (χ0n) is 11.8. The fourth-order valence-corrected chi connectivity index (χ4v) is 1.78. The van der Waals surface area contributed by atoms with Gasteiger partial charge in [0.05, 0.1) is 12.7 Å². The van der Waals surface area contributed by atoms with Crippen LogP contribution in [-0.4, -0.2) is 42.3 Å². The number of hydrogen-bond acceptors (Lipinski definition) is 5. The molecule has 1 atom stereocenters. The lowest BCUT2D eigenvalue weighted by Crippen LogP contribution is -2.55. The molecule has 0 aromatic heterocycles. The molecule has 1 aliphatic rings. The zero-order valence-corrected chi connectivity index (χ0v) is 11.8. The molecule has 0 saturated carbocycles. The molecule has 1 fully saturated rings. The summed E-state index contributed by atoms with van der Waals surface area (Å²) in [6.45, 7) is 8.02. The average molecular weight is 268 g/mol. The highest BCUT2D eigenvalue weighted by atomic mass is 16.6. The summed E-state index contributed by atoms with van der Waals surface area (Å²) in [6, 6.07) is 1.94. The van der Waals surface area contributed by atoms with Crippen LogP contribution in [0.2, 0.25) is 0 Å². The Morgan fingerprint density at radius 2 is 2.00 bits per heavy atom. The predicted octanol–water partition coefficient (Wildman–Crippen LogP) is 1.56. The van der Waals surface area contributed by atoms with Crippen molar-refractivity contribution in [3.8, 4) is 6.07 Å². The number of likely N-dealkylation sites (tertiary alicyclic amines) is 1. The number of nitrogens with zero attached hydrogens (tertiary/aromatic N) is 2. The molecule has 6 nitrogen and oxygen atoms in total. The largest absolute Gasteiger partial charge is 0.465 e. The quantitative estimate of drug-likeness (QED) is 0.726. The van der Waals surface area contributed by atoms with E-state index in [-0.39, 0.29) is 12.5 Å². The molecular weight excluding hydrogens is 248 g/mol. The smallest absolute Gasteiger partial charge is 0.410 e. The number of ether oxygens (including phenoxy) is 2. The molecule has 19 heavy (non-hydrogen) atoms. The molecule has 1 heterocycles. The Morgan fingerprint density at radius 3 is 2.42 bits per heavy atom. The number of carbonyl (C=O) groups is 2. The van der Waals surface area contributed by atoms with Crippen LogP contribution in [0, 0.1) is 23.2 Å². The Kier molecular flexibility index (Phi) is 4.76. The molecule has 1 aliphatic heterocycles. The van der Waals surface area contributed by atoms with Gasteiger partial charge in [-0.3, -0.25) is 4.79 Å². The van der Waals surface area contributed by atoms with Gasteiger partial charge in [0, 0.05) is 19.0 Å². The molecule has 0 N–H and O–H groups in total. The maximum atomic E-state index is 11.7. The van der Waals surface area contributed by atoms with E-state index in [1.807, 2.05) is 6.07 Å². The van der Waals surface area contributed by atoms with E-state index < -0.39 is 23.6 Å². The Hall–Kier alpha value is -1.77. The molecule has 0 radical (unpaired) electrons. The molecule has 106 valence electrons. The summed E-state index contributed by atoms with van der Waals surface area (Å²) < 4.78 is 10.0. The number of nitriles is 1. The highest BCUT2D eigenvalue weighted by Gasteiger charge is 2.41. The van der Waals surface area contributed by atoms with Crippen molar-refractivity contribution in [2.75, 3.05) is 19.7 Å². The van der Waals surface area contributed by atoms with Gasteiger partial charge >= 0.3 is 12.1 Å². The van der Waals surface area contributed by atoms with Gasteiger partial charge in [0.1, 0.15) is 11.5 Å². The van der Waals surface area contributed by atoms with Gasteiger partial charge in [0.25, 0.3) is 0 Å². The van der Waals surface area contributed by atoms with Gasteiger partial charge in [-0.1, -0.05) is 0 Å². The third kappa shape index (κ3) is 4.12. The van der Waals surface area contributed by atoms with Crippen LogP contribution >= 0.6 is 0 Å². The topological polar surface area (TPSA) is 79.6 Å². The molecule has 0 aromatic rings. The molecule has 0 aromatic carbocycles. The van der Waals surface area contributed by atoms with E-state index in [1.54, 1.807) is 27.7 Å². The second-order valence-electron chi connectivity index (χ2n) is 5.50. The van der Waals surface area contributed by atoms with E-state index in [0.29, 0.717) is 13.1 Å². The van der Waals surface area contributed by atoms with Gasteiger partial charge in [0.15, 0.2) is 0 Å². The standard InChI is InChI=1S/C13H20N2O4/c1-5-18-11(16)10(6-14)9-7-15(8-9)12(17)19-13(2,3)4/h9-10H,5,7-8H2,1-4H3.